The lowest BCUT2D eigenvalue weighted by Gasteiger charge is -2.49. The molecule has 2 aliphatic rings. The first kappa shape index (κ1) is 23.3. The monoisotopic (exact) mass is 473 g/mol. The molecule has 4 nitrogen and oxygen atoms in total. The average molecular weight is 474 g/mol. The summed E-state index contributed by atoms with van der Waals surface area (Å²) in [6.07, 6.45) is 6.76. The summed E-state index contributed by atoms with van der Waals surface area (Å²) < 4.78 is 0. The molecule has 1 aliphatic heterocycles. The fraction of sp³-hybridized carbons (Fsp3) is 0.423. The van der Waals surface area contributed by atoms with Crippen molar-refractivity contribution in [3.8, 4) is 11.1 Å². The number of benzene rings is 2. The molecule has 1 saturated heterocycles. The van der Waals surface area contributed by atoms with Crippen LogP contribution >= 0.6 is 23.2 Å². The first-order valence-corrected chi connectivity index (χ1v) is 11.9. The number of hydrogen-bond acceptors (Lipinski definition) is 3. The Morgan fingerprint density at radius 1 is 1.16 bits per heavy atom. The largest absolute Gasteiger partial charge is 0.394 e. The van der Waals surface area contributed by atoms with Crippen LogP contribution in [0.2, 0.25) is 10.0 Å². The summed E-state index contributed by atoms with van der Waals surface area (Å²) >= 11 is 13.0. The minimum absolute atomic E-state index is 0.0137. The summed E-state index contributed by atoms with van der Waals surface area (Å²) in [5.74, 6) is 0.0137. The third kappa shape index (κ3) is 4.10. The van der Waals surface area contributed by atoms with E-state index in [2.05, 4.69) is 18.2 Å². The summed E-state index contributed by atoms with van der Waals surface area (Å²) in [4.78, 5) is 15.9. The number of piperidine rings is 1. The van der Waals surface area contributed by atoms with E-state index in [1.54, 1.807) is 0 Å². The first-order chi connectivity index (χ1) is 15.3. The van der Waals surface area contributed by atoms with Crippen LogP contribution in [0, 0.1) is 5.41 Å². The van der Waals surface area contributed by atoms with Gasteiger partial charge in [0.15, 0.2) is 0 Å². The van der Waals surface area contributed by atoms with E-state index >= 15 is 0 Å². The standard InChI is InChI=1S/C26H29Cl2NO3/c1-25(16-20(31)17-30)11-6-14-29(24(25)32)26(12-2-3-13-26)21-9-5-10-22(28)23(21)18-7-4-8-19(27)15-18/h2,4-5,7-10,12,15,20,30-31H,3,6,11,13-14,16-17H2,1H3. The molecule has 6 heteroatoms. The van der Waals surface area contributed by atoms with Crippen molar-refractivity contribution in [2.24, 2.45) is 5.41 Å². The first-order valence-electron chi connectivity index (χ1n) is 11.1. The molecular formula is C26H29Cl2NO3. The smallest absolute Gasteiger partial charge is 0.229 e. The van der Waals surface area contributed by atoms with E-state index in [9.17, 15) is 15.0 Å². The molecule has 0 bridgehead atoms. The quantitative estimate of drug-likeness (QED) is 0.538. The number of halogens is 2. The van der Waals surface area contributed by atoms with Gasteiger partial charge in [0.05, 0.1) is 18.2 Å². The number of hydrogen-bond donors (Lipinski definition) is 2. The highest BCUT2D eigenvalue weighted by Gasteiger charge is 2.50. The van der Waals surface area contributed by atoms with Gasteiger partial charge in [-0.1, -0.05) is 66.5 Å². The van der Waals surface area contributed by atoms with Gasteiger partial charge in [0.25, 0.3) is 0 Å². The summed E-state index contributed by atoms with van der Waals surface area (Å²) in [5.41, 5.74) is 1.45. The molecule has 1 amide bonds. The van der Waals surface area contributed by atoms with Gasteiger partial charge in [-0.25, -0.2) is 0 Å². The molecule has 0 aromatic heterocycles. The Hall–Kier alpha value is -1.85. The van der Waals surface area contributed by atoms with Gasteiger partial charge < -0.3 is 15.1 Å². The summed E-state index contributed by atoms with van der Waals surface area (Å²) in [5, 5.41) is 20.7. The lowest BCUT2D eigenvalue weighted by molar-refractivity contribution is -0.154. The molecule has 32 heavy (non-hydrogen) atoms. The molecule has 2 N–H and O–H groups in total. The third-order valence-electron chi connectivity index (χ3n) is 6.93. The highest BCUT2D eigenvalue weighted by Crippen LogP contribution is 2.49. The van der Waals surface area contributed by atoms with Gasteiger partial charge in [-0.3, -0.25) is 4.79 Å². The molecule has 0 saturated carbocycles. The second-order valence-corrected chi connectivity index (χ2v) is 10.0. The fourth-order valence-corrected chi connectivity index (χ4v) is 5.87. The predicted molar refractivity (Wildman–Crippen MR) is 129 cm³/mol. The van der Waals surface area contributed by atoms with Crippen LogP contribution in [0.3, 0.4) is 0 Å². The normalized spacial score (nSPS) is 26.5. The van der Waals surface area contributed by atoms with Crippen molar-refractivity contribution in [2.75, 3.05) is 13.2 Å². The van der Waals surface area contributed by atoms with Gasteiger partial charge in [-0.15, -0.1) is 0 Å². The second kappa shape index (κ2) is 9.18. The lowest BCUT2D eigenvalue weighted by atomic mass is 9.73. The third-order valence-corrected chi connectivity index (χ3v) is 7.48. The highest BCUT2D eigenvalue weighted by molar-refractivity contribution is 6.34. The number of aliphatic hydroxyl groups excluding tert-OH is 2. The molecular weight excluding hydrogens is 445 g/mol. The SMILES string of the molecule is CC1(CC(O)CO)CCCN(C2(c3cccc(Cl)c3-c3cccc(Cl)c3)C=CCC2)C1=O. The van der Waals surface area contributed by atoms with Crippen LogP contribution in [0.1, 0.15) is 44.6 Å². The van der Waals surface area contributed by atoms with Crippen LogP contribution < -0.4 is 0 Å². The Kier molecular flexibility index (Phi) is 6.69. The molecule has 3 atom stereocenters. The maximum atomic E-state index is 13.9. The van der Waals surface area contributed by atoms with Crippen LogP contribution in [-0.2, 0) is 10.3 Å². The van der Waals surface area contributed by atoms with Crippen molar-refractivity contribution in [3.05, 3.63) is 70.2 Å². The number of rotatable bonds is 6. The maximum absolute atomic E-state index is 13.9. The van der Waals surface area contributed by atoms with Crippen molar-refractivity contribution >= 4 is 29.1 Å². The molecule has 1 aliphatic carbocycles. The second-order valence-electron chi connectivity index (χ2n) is 9.20. The van der Waals surface area contributed by atoms with E-state index < -0.39 is 17.1 Å². The van der Waals surface area contributed by atoms with E-state index in [1.165, 1.54) is 0 Å². The van der Waals surface area contributed by atoms with Crippen LogP contribution in [0.5, 0.6) is 0 Å². The molecule has 3 unspecified atom stereocenters. The van der Waals surface area contributed by atoms with Crippen LogP contribution in [0.15, 0.2) is 54.6 Å². The van der Waals surface area contributed by atoms with Crippen molar-refractivity contribution in [1.29, 1.82) is 0 Å². The topological polar surface area (TPSA) is 60.8 Å². The van der Waals surface area contributed by atoms with E-state index in [0.717, 1.165) is 36.0 Å². The van der Waals surface area contributed by atoms with Crippen LogP contribution in [0.4, 0.5) is 0 Å². The molecule has 4 rings (SSSR count). The van der Waals surface area contributed by atoms with Gasteiger partial charge in [-0.05, 0) is 61.4 Å². The van der Waals surface area contributed by atoms with E-state index in [1.807, 2.05) is 48.2 Å². The van der Waals surface area contributed by atoms with Gasteiger partial charge in [-0.2, -0.15) is 0 Å². The van der Waals surface area contributed by atoms with Crippen molar-refractivity contribution < 1.29 is 15.0 Å². The Bertz CT molecular complexity index is 1040. The van der Waals surface area contributed by atoms with Crippen molar-refractivity contribution in [3.63, 3.8) is 0 Å². The number of carbonyl (C=O) groups is 1. The fourth-order valence-electron chi connectivity index (χ4n) is 5.40. The Labute approximate surface area is 199 Å². The average Bonchev–Trinajstić information content (AvgIpc) is 3.26. The van der Waals surface area contributed by atoms with Crippen molar-refractivity contribution in [1.82, 2.24) is 4.90 Å². The molecule has 2 aromatic carbocycles. The number of aliphatic hydroxyl groups is 2. The van der Waals surface area contributed by atoms with Gasteiger partial charge >= 0.3 is 0 Å². The lowest BCUT2D eigenvalue weighted by Crippen LogP contribution is -2.56. The molecule has 0 radical (unpaired) electrons. The summed E-state index contributed by atoms with van der Waals surface area (Å²) in [6, 6.07) is 13.5. The number of nitrogens with zero attached hydrogens (tertiary/aromatic N) is 1. The molecule has 2 aromatic rings. The van der Waals surface area contributed by atoms with Gasteiger partial charge in [0.2, 0.25) is 5.91 Å². The highest BCUT2D eigenvalue weighted by atomic mass is 35.5. The number of allylic oxidation sites excluding steroid dienone is 1. The Morgan fingerprint density at radius 2 is 1.94 bits per heavy atom. The Balaban J connectivity index is 1.84. The van der Waals surface area contributed by atoms with Gasteiger partial charge in [0.1, 0.15) is 0 Å². The van der Waals surface area contributed by atoms with Crippen LogP contribution in [-0.4, -0.2) is 40.3 Å². The summed E-state index contributed by atoms with van der Waals surface area (Å²) in [6.45, 7) is 2.19. The van der Waals surface area contributed by atoms with Crippen LogP contribution in [0.25, 0.3) is 11.1 Å². The zero-order valence-electron chi connectivity index (χ0n) is 18.2. The molecule has 1 fully saturated rings. The predicted octanol–water partition coefficient (Wildman–Crippen LogP) is 5.58. The number of carbonyl (C=O) groups excluding carboxylic acids is 1. The zero-order valence-corrected chi connectivity index (χ0v) is 19.7. The van der Waals surface area contributed by atoms with E-state index in [0.29, 0.717) is 23.0 Å². The maximum Gasteiger partial charge on any atom is 0.229 e. The van der Waals surface area contributed by atoms with E-state index in [4.69, 9.17) is 23.2 Å². The molecule has 170 valence electrons. The summed E-state index contributed by atoms with van der Waals surface area (Å²) in [7, 11) is 0. The zero-order chi connectivity index (χ0) is 22.9. The number of likely N-dealkylation sites (tertiary alicyclic amines) is 1. The molecule has 0 spiro atoms. The minimum Gasteiger partial charge on any atom is -0.394 e. The minimum atomic E-state index is -0.910. The van der Waals surface area contributed by atoms with Gasteiger partial charge in [0, 0.05) is 27.6 Å². The Morgan fingerprint density at radius 3 is 2.62 bits per heavy atom. The van der Waals surface area contributed by atoms with E-state index in [-0.39, 0.29) is 18.9 Å². The number of amides is 1. The molecule has 1 heterocycles. The van der Waals surface area contributed by atoms with Crippen molar-refractivity contribution in [2.45, 2.75) is 50.7 Å².